The van der Waals surface area contributed by atoms with Gasteiger partial charge in [-0.3, -0.25) is 9.10 Å². The maximum absolute atomic E-state index is 12.8. The van der Waals surface area contributed by atoms with E-state index in [1.54, 1.807) is 31.3 Å². The molecule has 0 saturated heterocycles. The van der Waals surface area contributed by atoms with Gasteiger partial charge in [-0.2, -0.15) is 0 Å². The van der Waals surface area contributed by atoms with Gasteiger partial charge in [0.1, 0.15) is 18.0 Å². The normalized spacial score (nSPS) is 19.2. The molecule has 0 bridgehead atoms. The summed E-state index contributed by atoms with van der Waals surface area (Å²) < 4.78 is 31.6. The van der Waals surface area contributed by atoms with Gasteiger partial charge in [-0.25, -0.2) is 8.42 Å². The zero-order valence-corrected chi connectivity index (χ0v) is 18.1. The largest absolute Gasteiger partial charge is 0.457 e. The summed E-state index contributed by atoms with van der Waals surface area (Å²) in [5.74, 6) is 0.885. The van der Waals surface area contributed by atoms with E-state index in [0.29, 0.717) is 30.0 Å². The molecule has 30 heavy (non-hydrogen) atoms. The summed E-state index contributed by atoms with van der Waals surface area (Å²) in [6, 6.07) is 15.5. The number of anilines is 1. The van der Waals surface area contributed by atoms with Crippen LogP contribution in [0.15, 0.2) is 54.6 Å². The van der Waals surface area contributed by atoms with Crippen LogP contribution in [0.5, 0.6) is 11.5 Å². The molecule has 2 aromatic carbocycles. The molecule has 1 N–H and O–H groups in total. The van der Waals surface area contributed by atoms with Gasteiger partial charge in [-0.1, -0.05) is 31.0 Å². The van der Waals surface area contributed by atoms with Crippen LogP contribution in [0.2, 0.25) is 0 Å². The third kappa shape index (κ3) is 5.52. The van der Waals surface area contributed by atoms with Crippen molar-refractivity contribution in [1.29, 1.82) is 0 Å². The Morgan fingerprint density at radius 2 is 1.63 bits per heavy atom. The minimum absolute atomic E-state index is 0.283. The molecule has 7 nitrogen and oxygen atoms in total. The molecular weight excluding hydrogens is 404 g/mol. The number of carbonyl (C=O) groups is 1. The van der Waals surface area contributed by atoms with Crippen LogP contribution in [0, 0.1) is 0 Å². The molecular formula is C22H28N2O5S. The van der Waals surface area contributed by atoms with E-state index in [9.17, 15) is 18.3 Å². The van der Waals surface area contributed by atoms with Crippen LogP contribution in [-0.2, 0) is 14.8 Å². The van der Waals surface area contributed by atoms with Gasteiger partial charge in [-0.15, -0.1) is 0 Å². The number of carbonyl (C=O) groups excluding carboxylic acids is 1. The van der Waals surface area contributed by atoms with Crippen molar-refractivity contribution < 1.29 is 23.1 Å². The predicted octanol–water partition coefficient (Wildman–Crippen LogP) is 3.01. The topological polar surface area (TPSA) is 87.2 Å². The Kier molecular flexibility index (Phi) is 6.99. The average molecular weight is 433 g/mol. The lowest BCUT2D eigenvalue weighted by Crippen LogP contribution is -2.50. The van der Waals surface area contributed by atoms with Gasteiger partial charge in [0.25, 0.3) is 0 Å². The quantitative estimate of drug-likeness (QED) is 0.727. The van der Waals surface area contributed by atoms with Gasteiger partial charge >= 0.3 is 0 Å². The highest BCUT2D eigenvalue weighted by atomic mass is 32.2. The molecule has 2 atom stereocenters. The molecule has 0 aromatic heterocycles. The third-order valence-electron chi connectivity index (χ3n) is 5.37. The summed E-state index contributed by atoms with van der Waals surface area (Å²) in [5.41, 5.74) is 0.379. The number of hydrogen-bond acceptors (Lipinski definition) is 5. The molecule has 1 saturated carbocycles. The van der Waals surface area contributed by atoms with Crippen molar-refractivity contribution in [3.05, 3.63) is 54.6 Å². The van der Waals surface area contributed by atoms with Crippen LogP contribution in [0.3, 0.4) is 0 Å². The Hall–Kier alpha value is -2.58. The average Bonchev–Trinajstić information content (AvgIpc) is 2.72. The Balaban J connectivity index is 1.73. The number of sulfonamides is 1. The first-order valence-corrected chi connectivity index (χ1v) is 11.8. The van der Waals surface area contributed by atoms with E-state index in [0.717, 1.165) is 23.4 Å². The second-order valence-corrected chi connectivity index (χ2v) is 9.51. The molecule has 0 radical (unpaired) electrons. The lowest BCUT2D eigenvalue weighted by Gasteiger charge is -2.36. The maximum Gasteiger partial charge on any atom is 0.243 e. The minimum atomic E-state index is -3.68. The number of ether oxygens (including phenoxy) is 1. The van der Waals surface area contributed by atoms with Crippen LogP contribution in [0.25, 0.3) is 0 Å². The van der Waals surface area contributed by atoms with Crippen molar-refractivity contribution >= 4 is 21.6 Å². The number of likely N-dealkylation sites (N-methyl/N-ethyl adjacent to an activating group) is 1. The van der Waals surface area contributed by atoms with Crippen LogP contribution in [0.4, 0.5) is 5.69 Å². The van der Waals surface area contributed by atoms with Gasteiger partial charge < -0.3 is 14.7 Å². The van der Waals surface area contributed by atoms with Crippen LogP contribution >= 0.6 is 0 Å². The van der Waals surface area contributed by atoms with Gasteiger partial charge in [0.15, 0.2) is 0 Å². The van der Waals surface area contributed by atoms with E-state index in [-0.39, 0.29) is 18.5 Å². The molecule has 1 amide bonds. The van der Waals surface area contributed by atoms with Crippen molar-refractivity contribution in [2.24, 2.45) is 0 Å². The number of rotatable bonds is 7. The zero-order valence-electron chi connectivity index (χ0n) is 17.3. The summed E-state index contributed by atoms with van der Waals surface area (Å²) >= 11 is 0. The van der Waals surface area contributed by atoms with Crippen LogP contribution in [0.1, 0.15) is 25.7 Å². The maximum atomic E-state index is 12.8. The molecule has 1 aliphatic carbocycles. The van der Waals surface area contributed by atoms with E-state index in [1.807, 2.05) is 30.3 Å². The second kappa shape index (κ2) is 9.49. The molecule has 1 fully saturated rings. The Morgan fingerprint density at radius 1 is 1.03 bits per heavy atom. The predicted molar refractivity (Wildman–Crippen MR) is 116 cm³/mol. The number of amides is 1. The van der Waals surface area contributed by atoms with Crippen LogP contribution in [-0.4, -0.2) is 56.3 Å². The fourth-order valence-electron chi connectivity index (χ4n) is 3.67. The smallest absolute Gasteiger partial charge is 0.243 e. The molecule has 2 unspecified atom stereocenters. The van der Waals surface area contributed by atoms with Gasteiger partial charge in [0.05, 0.1) is 24.1 Å². The third-order valence-corrected chi connectivity index (χ3v) is 6.51. The van der Waals surface area contributed by atoms with E-state index in [4.69, 9.17) is 4.74 Å². The summed E-state index contributed by atoms with van der Waals surface area (Å²) in [7, 11) is -2.06. The highest BCUT2D eigenvalue weighted by Gasteiger charge is 2.31. The fraction of sp³-hybridized carbons (Fsp3) is 0.409. The molecule has 162 valence electrons. The summed E-state index contributed by atoms with van der Waals surface area (Å²) in [6.45, 7) is -0.322. The lowest BCUT2D eigenvalue weighted by atomic mass is 9.91. The summed E-state index contributed by atoms with van der Waals surface area (Å²) in [5, 5.41) is 10.2. The molecule has 8 heteroatoms. The summed E-state index contributed by atoms with van der Waals surface area (Å²) in [6.07, 6.45) is 3.75. The zero-order chi connectivity index (χ0) is 21.7. The Bertz CT molecular complexity index is 947. The number of benzene rings is 2. The monoisotopic (exact) mass is 432 g/mol. The van der Waals surface area contributed by atoms with Crippen LogP contribution < -0.4 is 9.04 Å². The molecule has 0 aliphatic heterocycles. The van der Waals surface area contributed by atoms with Crippen molar-refractivity contribution in [2.45, 2.75) is 37.8 Å². The first-order valence-electron chi connectivity index (χ1n) is 10.00. The number of para-hydroxylation sites is 1. The van der Waals surface area contributed by atoms with Gasteiger partial charge in [-0.05, 0) is 49.2 Å². The number of aliphatic hydroxyl groups excluding tert-OH is 1. The second-order valence-electron chi connectivity index (χ2n) is 7.60. The van der Waals surface area contributed by atoms with Crippen molar-refractivity contribution in [1.82, 2.24) is 4.90 Å². The lowest BCUT2D eigenvalue weighted by molar-refractivity contribution is -0.133. The molecule has 3 rings (SSSR count). The van der Waals surface area contributed by atoms with E-state index < -0.39 is 16.1 Å². The highest BCUT2D eigenvalue weighted by Crippen LogP contribution is 2.26. The van der Waals surface area contributed by atoms with Crippen molar-refractivity contribution in [3.63, 3.8) is 0 Å². The molecule has 1 aliphatic rings. The molecule has 2 aromatic rings. The number of hydrogen-bond donors (Lipinski definition) is 1. The fourth-order valence-corrected chi connectivity index (χ4v) is 4.52. The highest BCUT2D eigenvalue weighted by molar-refractivity contribution is 7.92. The first-order chi connectivity index (χ1) is 14.3. The Labute approximate surface area is 177 Å². The number of aliphatic hydroxyl groups is 1. The molecule has 0 heterocycles. The standard InChI is InChI=1S/C22H28N2O5S/c1-23(20-10-6-7-11-21(20)25)22(26)16-24(30(2,27)28)17-12-14-19(15-13-17)29-18-8-4-3-5-9-18/h3-5,8-9,12-15,20-21,25H,6-7,10-11,16H2,1-2H3. The van der Waals surface area contributed by atoms with E-state index in [2.05, 4.69) is 0 Å². The van der Waals surface area contributed by atoms with Gasteiger partial charge in [0, 0.05) is 7.05 Å². The van der Waals surface area contributed by atoms with E-state index >= 15 is 0 Å². The molecule has 0 spiro atoms. The summed E-state index contributed by atoms with van der Waals surface area (Å²) in [4.78, 5) is 14.3. The number of nitrogens with zero attached hydrogens (tertiary/aromatic N) is 2. The minimum Gasteiger partial charge on any atom is -0.457 e. The van der Waals surface area contributed by atoms with Gasteiger partial charge in [0.2, 0.25) is 15.9 Å². The first kappa shape index (κ1) is 22.1. The van der Waals surface area contributed by atoms with E-state index in [1.165, 1.54) is 4.90 Å². The van der Waals surface area contributed by atoms with Crippen molar-refractivity contribution in [3.8, 4) is 11.5 Å². The SMILES string of the molecule is CN(C(=O)CN(c1ccc(Oc2ccccc2)cc1)S(C)(=O)=O)C1CCCCC1O. The Morgan fingerprint density at radius 3 is 2.23 bits per heavy atom. The van der Waals surface area contributed by atoms with Crippen molar-refractivity contribution in [2.75, 3.05) is 24.2 Å².